The summed E-state index contributed by atoms with van der Waals surface area (Å²) >= 11 is 2.60. The third kappa shape index (κ3) is 3.61. The molecule has 0 aliphatic carbocycles. The van der Waals surface area contributed by atoms with E-state index in [1.54, 1.807) is 11.6 Å². The lowest BCUT2D eigenvalue weighted by atomic mass is 10.6. The first kappa shape index (κ1) is 13.7. The lowest BCUT2D eigenvalue weighted by molar-refractivity contribution is -0.113. The van der Waals surface area contributed by atoms with Crippen LogP contribution in [0.4, 0.5) is 5.13 Å². The molecule has 0 saturated heterocycles. The van der Waals surface area contributed by atoms with Gasteiger partial charge < -0.3 is 4.57 Å². The Kier molecular flexibility index (Phi) is 4.63. The molecule has 19 heavy (non-hydrogen) atoms. The van der Waals surface area contributed by atoms with Gasteiger partial charge in [0.05, 0.1) is 5.75 Å². The van der Waals surface area contributed by atoms with Crippen LogP contribution in [0.3, 0.4) is 0 Å². The van der Waals surface area contributed by atoms with Gasteiger partial charge in [-0.2, -0.15) is 0 Å². The molecule has 2 aromatic heterocycles. The number of nitrogens with zero attached hydrogens (tertiary/aromatic N) is 5. The summed E-state index contributed by atoms with van der Waals surface area (Å²) in [6.07, 6.45) is 1.77. The Bertz CT molecular complexity index is 565. The molecule has 7 nitrogen and oxygen atoms in total. The maximum Gasteiger partial charge on any atom is 0.236 e. The molecule has 1 amide bonds. The van der Waals surface area contributed by atoms with Gasteiger partial charge in [-0.3, -0.25) is 10.1 Å². The van der Waals surface area contributed by atoms with E-state index in [2.05, 4.69) is 32.3 Å². The van der Waals surface area contributed by atoms with E-state index in [1.807, 2.05) is 11.5 Å². The monoisotopic (exact) mass is 296 g/mol. The van der Waals surface area contributed by atoms with Crippen LogP contribution in [0.1, 0.15) is 5.82 Å². The highest BCUT2D eigenvalue weighted by molar-refractivity contribution is 7.99. The Morgan fingerprint density at radius 3 is 3.11 bits per heavy atom. The Labute approximate surface area is 118 Å². The summed E-state index contributed by atoms with van der Waals surface area (Å²) in [4.78, 5) is 11.7. The number of carbonyl (C=O) groups excluding carboxylic acids is 1. The van der Waals surface area contributed by atoms with Gasteiger partial charge in [-0.25, -0.2) is 0 Å². The highest BCUT2D eigenvalue weighted by Gasteiger charge is 2.11. The number of rotatable bonds is 6. The number of hydrogen-bond acceptors (Lipinski definition) is 7. The average Bonchev–Trinajstić information content (AvgIpc) is 3.00. The van der Waals surface area contributed by atoms with E-state index >= 15 is 0 Å². The third-order valence-corrected chi connectivity index (χ3v) is 3.73. The second-order valence-electron chi connectivity index (χ2n) is 3.51. The Hall–Kier alpha value is -1.74. The van der Waals surface area contributed by atoms with Crippen molar-refractivity contribution >= 4 is 34.1 Å². The quantitative estimate of drug-likeness (QED) is 0.640. The molecule has 0 aromatic carbocycles. The summed E-state index contributed by atoms with van der Waals surface area (Å²) in [7, 11) is 0. The zero-order chi connectivity index (χ0) is 13.7. The largest absolute Gasteiger partial charge is 0.302 e. The van der Waals surface area contributed by atoms with Crippen LogP contribution in [0.25, 0.3) is 0 Å². The molecule has 9 heteroatoms. The lowest BCUT2D eigenvalue weighted by Crippen LogP contribution is -2.14. The first-order valence-corrected chi connectivity index (χ1v) is 7.26. The number of carbonyl (C=O) groups is 1. The Balaban J connectivity index is 1.91. The first-order chi connectivity index (χ1) is 9.20. The minimum Gasteiger partial charge on any atom is -0.302 e. The number of hydrogen-bond donors (Lipinski definition) is 1. The molecule has 2 aromatic rings. The number of amides is 1. The second-order valence-corrected chi connectivity index (χ2v) is 5.29. The van der Waals surface area contributed by atoms with Gasteiger partial charge in [0.15, 0.2) is 5.16 Å². The fraction of sp³-hybridized carbons (Fsp3) is 0.300. The van der Waals surface area contributed by atoms with Crippen molar-refractivity contribution in [3.8, 4) is 0 Å². The summed E-state index contributed by atoms with van der Waals surface area (Å²) < 4.78 is 1.90. The van der Waals surface area contributed by atoms with Gasteiger partial charge in [-0.1, -0.05) is 29.2 Å². The van der Waals surface area contributed by atoms with Crippen LogP contribution in [0.5, 0.6) is 0 Å². The van der Waals surface area contributed by atoms with E-state index in [0.29, 0.717) is 16.8 Å². The van der Waals surface area contributed by atoms with Crippen LogP contribution in [-0.4, -0.2) is 36.6 Å². The van der Waals surface area contributed by atoms with Gasteiger partial charge in [0.2, 0.25) is 11.0 Å². The fourth-order valence-corrected chi connectivity index (χ4v) is 2.58. The van der Waals surface area contributed by atoms with Crippen LogP contribution < -0.4 is 5.32 Å². The predicted molar refractivity (Wildman–Crippen MR) is 74.2 cm³/mol. The smallest absolute Gasteiger partial charge is 0.236 e. The molecule has 0 aliphatic rings. The van der Waals surface area contributed by atoms with Gasteiger partial charge in [-0.05, 0) is 6.92 Å². The van der Waals surface area contributed by atoms with Crippen molar-refractivity contribution in [2.24, 2.45) is 0 Å². The van der Waals surface area contributed by atoms with Crippen LogP contribution in [0.2, 0.25) is 0 Å². The van der Waals surface area contributed by atoms with Crippen LogP contribution in [0, 0.1) is 6.92 Å². The zero-order valence-electron chi connectivity index (χ0n) is 10.2. The SMILES string of the molecule is C=CCn1c(C)nnc1SCC(=O)Nc1nncs1. The number of anilines is 1. The van der Waals surface area contributed by atoms with Crippen molar-refractivity contribution < 1.29 is 4.79 Å². The van der Waals surface area contributed by atoms with E-state index in [1.165, 1.54) is 23.1 Å². The molecule has 100 valence electrons. The third-order valence-electron chi connectivity index (χ3n) is 2.15. The molecule has 0 atom stereocenters. The summed E-state index contributed by atoms with van der Waals surface area (Å²) in [6.45, 7) is 6.17. The minimum atomic E-state index is -0.146. The molecule has 0 saturated carbocycles. The molecular formula is C10H12N6OS2. The zero-order valence-corrected chi connectivity index (χ0v) is 11.9. The van der Waals surface area contributed by atoms with Gasteiger partial charge in [0, 0.05) is 6.54 Å². The van der Waals surface area contributed by atoms with Gasteiger partial charge in [0.1, 0.15) is 11.3 Å². The maximum atomic E-state index is 11.7. The minimum absolute atomic E-state index is 0.146. The standard InChI is InChI=1S/C10H12N6OS2/c1-3-4-16-7(2)13-15-10(16)18-5-8(17)12-9-14-11-6-19-9/h3,6H,1,4-5H2,2H3,(H,12,14,17). The number of allylic oxidation sites excluding steroid dienone is 1. The Morgan fingerprint density at radius 1 is 1.58 bits per heavy atom. The van der Waals surface area contributed by atoms with E-state index in [0.717, 1.165) is 5.82 Å². The Morgan fingerprint density at radius 2 is 2.42 bits per heavy atom. The first-order valence-electron chi connectivity index (χ1n) is 5.40. The van der Waals surface area contributed by atoms with E-state index in [-0.39, 0.29) is 11.7 Å². The van der Waals surface area contributed by atoms with Crippen molar-refractivity contribution in [3.05, 3.63) is 24.0 Å². The summed E-state index contributed by atoms with van der Waals surface area (Å²) in [5, 5.41) is 19.2. The van der Waals surface area contributed by atoms with E-state index in [9.17, 15) is 4.79 Å². The molecule has 2 rings (SSSR count). The van der Waals surface area contributed by atoms with E-state index in [4.69, 9.17) is 0 Å². The van der Waals surface area contributed by atoms with Crippen molar-refractivity contribution in [3.63, 3.8) is 0 Å². The fourth-order valence-electron chi connectivity index (χ4n) is 1.32. The van der Waals surface area contributed by atoms with Gasteiger partial charge >= 0.3 is 0 Å². The van der Waals surface area contributed by atoms with E-state index < -0.39 is 0 Å². The predicted octanol–water partition coefficient (Wildman–Crippen LogP) is 1.35. The molecule has 0 unspecified atom stereocenters. The van der Waals surface area contributed by atoms with Crippen molar-refractivity contribution in [1.82, 2.24) is 25.0 Å². The normalized spacial score (nSPS) is 10.4. The number of aromatic nitrogens is 5. The maximum absolute atomic E-state index is 11.7. The van der Waals surface area contributed by atoms with Crippen LogP contribution in [-0.2, 0) is 11.3 Å². The van der Waals surface area contributed by atoms with Crippen molar-refractivity contribution in [2.45, 2.75) is 18.6 Å². The summed E-state index contributed by atoms with van der Waals surface area (Å²) in [6, 6.07) is 0. The van der Waals surface area contributed by atoms with Crippen LogP contribution in [0.15, 0.2) is 23.3 Å². The lowest BCUT2D eigenvalue weighted by Gasteiger charge is -2.04. The number of nitrogens with one attached hydrogen (secondary N) is 1. The molecule has 1 N–H and O–H groups in total. The van der Waals surface area contributed by atoms with Crippen molar-refractivity contribution in [2.75, 3.05) is 11.1 Å². The second kappa shape index (κ2) is 6.43. The summed E-state index contributed by atoms with van der Waals surface area (Å²) in [5.74, 6) is 0.897. The number of aryl methyl sites for hydroxylation is 1. The molecule has 0 fully saturated rings. The molecule has 0 spiro atoms. The highest BCUT2D eigenvalue weighted by Crippen LogP contribution is 2.17. The molecule has 0 bridgehead atoms. The topological polar surface area (TPSA) is 85.6 Å². The van der Waals surface area contributed by atoms with Gasteiger partial charge in [-0.15, -0.1) is 27.0 Å². The van der Waals surface area contributed by atoms with Crippen molar-refractivity contribution in [1.29, 1.82) is 0 Å². The summed E-state index contributed by atoms with van der Waals surface area (Å²) in [5.41, 5.74) is 1.56. The molecule has 2 heterocycles. The van der Waals surface area contributed by atoms with Gasteiger partial charge in [0.25, 0.3) is 0 Å². The molecular weight excluding hydrogens is 284 g/mol. The molecule has 0 aliphatic heterocycles. The number of thioether (sulfide) groups is 1. The van der Waals surface area contributed by atoms with Crippen LogP contribution >= 0.6 is 23.1 Å². The molecule has 0 radical (unpaired) electrons. The highest BCUT2D eigenvalue weighted by atomic mass is 32.2. The average molecular weight is 296 g/mol.